The summed E-state index contributed by atoms with van der Waals surface area (Å²) < 4.78 is 0.946. The van der Waals surface area contributed by atoms with E-state index in [9.17, 15) is 20.0 Å². The van der Waals surface area contributed by atoms with Crippen LogP contribution in [0.15, 0.2) is 64.2 Å². The molecule has 0 aliphatic carbocycles. The van der Waals surface area contributed by atoms with Gasteiger partial charge in [0.15, 0.2) is 0 Å². The summed E-state index contributed by atoms with van der Waals surface area (Å²) in [5, 5.41) is 26.3. The van der Waals surface area contributed by atoms with Crippen molar-refractivity contribution >= 4 is 44.5 Å². The van der Waals surface area contributed by atoms with Gasteiger partial charge in [0.1, 0.15) is 5.75 Å². The second kappa shape index (κ2) is 7.96. The van der Waals surface area contributed by atoms with Gasteiger partial charge in [0.25, 0.3) is 5.69 Å². The SMILES string of the molecule is O=C(Cc1ccc(Br)c2ccccc12)N/N=C/c1cc([N+](=O)[O-])ccc1O. The van der Waals surface area contributed by atoms with Crippen LogP contribution in [-0.2, 0) is 11.2 Å². The molecular formula is C19H14BrN3O4. The van der Waals surface area contributed by atoms with Gasteiger partial charge in [0, 0.05) is 22.2 Å². The van der Waals surface area contributed by atoms with Crippen molar-refractivity contribution in [2.24, 2.45) is 5.10 Å². The topological polar surface area (TPSA) is 105 Å². The van der Waals surface area contributed by atoms with Crippen molar-refractivity contribution in [3.05, 3.63) is 80.3 Å². The molecule has 0 atom stereocenters. The predicted molar refractivity (Wildman–Crippen MR) is 106 cm³/mol. The Morgan fingerprint density at radius 2 is 1.93 bits per heavy atom. The van der Waals surface area contributed by atoms with Gasteiger partial charge >= 0.3 is 0 Å². The minimum Gasteiger partial charge on any atom is -0.507 e. The summed E-state index contributed by atoms with van der Waals surface area (Å²) in [5.74, 6) is -0.513. The molecule has 136 valence electrons. The van der Waals surface area contributed by atoms with Gasteiger partial charge in [-0.2, -0.15) is 5.10 Å². The normalized spacial score (nSPS) is 11.0. The molecule has 2 N–H and O–H groups in total. The van der Waals surface area contributed by atoms with Gasteiger partial charge in [0.05, 0.1) is 17.6 Å². The number of halogens is 1. The van der Waals surface area contributed by atoms with Crippen molar-refractivity contribution in [1.29, 1.82) is 0 Å². The van der Waals surface area contributed by atoms with Crippen molar-refractivity contribution in [3.63, 3.8) is 0 Å². The molecular weight excluding hydrogens is 414 g/mol. The van der Waals surface area contributed by atoms with E-state index in [-0.39, 0.29) is 29.3 Å². The van der Waals surface area contributed by atoms with E-state index in [1.54, 1.807) is 0 Å². The number of phenolic OH excluding ortho intramolecular Hbond substituents is 1. The highest BCUT2D eigenvalue weighted by Gasteiger charge is 2.10. The third-order valence-electron chi connectivity index (χ3n) is 3.93. The fraction of sp³-hybridized carbons (Fsp3) is 0.0526. The molecule has 3 rings (SSSR count). The molecule has 7 nitrogen and oxygen atoms in total. The number of phenols is 1. The number of hydrazone groups is 1. The van der Waals surface area contributed by atoms with Gasteiger partial charge in [-0.25, -0.2) is 5.43 Å². The molecule has 3 aromatic carbocycles. The molecule has 0 saturated carbocycles. The Kier molecular flexibility index (Phi) is 5.46. The number of carbonyl (C=O) groups excluding carboxylic acids is 1. The molecule has 0 unspecified atom stereocenters. The number of nitro groups is 1. The lowest BCUT2D eigenvalue weighted by molar-refractivity contribution is -0.384. The monoisotopic (exact) mass is 427 g/mol. The average molecular weight is 428 g/mol. The zero-order chi connectivity index (χ0) is 19.4. The van der Waals surface area contributed by atoms with Crippen LogP contribution in [0.4, 0.5) is 5.69 Å². The summed E-state index contributed by atoms with van der Waals surface area (Å²) in [5.41, 5.74) is 3.18. The number of nitro benzene ring substituents is 1. The van der Waals surface area contributed by atoms with E-state index < -0.39 is 4.92 Å². The summed E-state index contributed by atoms with van der Waals surface area (Å²) in [4.78, 5) is 22.4. The van der Waals surface area contributed by atoms with Crippen LogP contribution in [0.1, 0.15) is 11.1 Å². The van der Waals surface area contributed by atoms with Crippen LogP contribution in [0.5, 0.6) is 5.75 Å². The molecule has 0 fully saturated rings. The summed E-state index contributed by atoms with van der Waals surface area (Å²) in [6.45, 7) is 0. The molecule has 0 heterocycles. The smallest absolute Gasteiger partial charge is 0.270 e. The minimum atomic E-state index is -0.575. The van der Waals surface area contributed by atoms with Crippen LogP contribution in [0.2, 0.25) is 0 Å². The molecule has 1 amide bonds. The van der Waals surface area contributed by atoms with E-state index in [4.69, 9.17) is 0 Å². The van der Waals surface area contributed by atoms with Crippen LogP contribution in [0.25, 0.3) is 10.8 Å². The number of carbonyl (C=O) groups is 1. The quantitative estimate of drug-likeness (QED) is 0.365. The molecule has 3 aromatic rings. The number of rotatable bonds is 5. The number of nitrogens with one attached hydrogen (secondary N) is 1. The van der Waals surface area contributed by atoms with Crippen LogP contribution < -0.4 is 5.43 Å². The van der Waals surface area contributed by atoms with Gasteiger partial charge in [-0.1, -0.05) is 46.3 Å². The maximum Gasteiger partial charge on any atom is 0.270 e. The van der Waals surface area contributed by atoms with Crippen LogP contribution in [-0.4, -0.2) is 22.2 Å². The maximum atomic E-state index is 12.2. The molecule has 27 heavy (non-hydrogen) atoms. The van der Waals surface area contributed by atoms with Gasteiger partial charge in [-0.15, -0.1) is 0 Å². The highest BCUT2D eigenvalue weighted by Crippen LogP contribution is 2.27. The lowest BCUT2D eigenvalue weighted by atomic mass is 10.0. The number of amides is 1. The highest BCUT2D eigenvalue weighted by molar-refractivity contribution is 9.10. The third-order valence-corrected chi connectivity index (χ3v) is 4.62. The van der Waals surface area contributed by atoms with E-state index in [2.05, 4.69) is 26.5 Å². The number of nitrogens with zero attached hydrogens (tertiary/aromatic N) is 2. The standard InChI is InChI=1S/C19H14BrN3O4/c20-17-7-5-12(15-3-1-2-4-16(15)17)10-19(25)22-21-11-13-9-14(23(26)27)6-8-18(13)24/h1-9,11,24H,10H2,(H,22,25)/b21-11+. The summed E-state index contributed by atoms with van der Waals surface area (Å²) in [7, 11) is 0. The molecule has 0 aliphatic rings. The zero-order valence-electron chi connectivity index (χ0n) is 13.9. The lowest BCUT2D eigenvalue weighted by Gasteiger charge is -2.07. The molecule has 0 radical (unpaired) electrons. The van der Waals surface area contributed by atoms with E-state index in [0.717, 1.165) is 20.8 Å². The Bertz CT molecular complexity index is 1070. The Hall–Kier alpha value is -3.26. The number of hydrogen-bond donors (Lipinski definition) is 2. The molecule has 8 heteroatoms. The second-order valence-electron chi connectivity index (χ2n) is 5.72. The van der Waals surface area contributed by atoms with Crippen LogP contribution >= 0.6 is 15.9 Å². The Balaban J connectivity index is 1.72. The predicted octanol–water partition coefficient (Wildman–Crippen LogP) is 3.91. The molecule has 0 bridgehead atoms. The van der Waals surface area contributed by atoms with Gasteiger partial charge < -0.3 is 5.11 Å². The first-order chi connectivity index (χ1) is 13.0. The first-order valence-corrected chi connectivity index (χ1v) is 8.70. The summed E-state index contributed by atoms with van der Waals surface area (Å²) >= 11 is 3.49. The molecule has 0 aliphatic heterocycles. The van der Waals surface area contributed by atoms with Crippen molar-refractivity contribution in [2.45, 2.75) is 6.42 Å². The molecule has 0 aromatic heterocycles. The van der Waals surface area contributed by atoms with Gasteiger partial charge in [-0.05, 0) is 28.5 Å². The fourth-order valence-corrected chi connectivity index (χ4v) is 3.10. The largest absolute Gasteiger partial charge is 0.507 e. The molecule has 0 saturated heterocycles. The first-order valence-electron chi connectivity index (χ1n) is 7.91. The number of aromatic hydroxyl groups is 1. The summed E-state index contributed by atoms with van der Waals surface area (Å²) in [6.07, 6.45) is 1.28. The lowest BCUT2D eigenvalue weighted by Crippen LogP contribution is -2.20. The second-order valence-corrected chi connectivity index (χ2v) is 6.58. The Morgan fingerprint density at radius 1 is 1.19 bits per heavy atom. The Labute approximate surface area is 162 Å². The zero-order valence-corrected chi connectivity index (χ0v) is 15.5. The van der Waals surface area contributed by atoms with Gasteiger partial charge in [0.2, 0.25) is 5.91 Å². The van der Waals surface area contributed by atoms with E-state index >= 15 is 0 Å². The average Bonchev–Trinajstić information content (AvgIpc) is 2.65. The number of non-ortho nitro benzene ring substituents is 1. The highest BCUT2D eigenvalue weighted by atomic mass is 79.9. The van der Waals surface area contributed by atoms with Crippen LogP contribution in [0, 0.1) is 10.1 Å². The number of benzene rings is 3. The van der Waals surface area contributed by atoms with Crippen molar-refractivity contribution in [3.8, 4) is 5.75 Å². The van der Waals surface area contributed by atoms with E-state index in [1.165, 1.54) is 24.4 Å². The van der Waals surface area contributed by atoms with E-state index in [1.807, 2.05) is 36.4 Å². The maximum absolute atomic E-state index is 12.2. The van der Waals surface area contributed by atoms with Crippen molar-refractivity contribution in [1.82, 2.24) is 5.43 Å². The third kappa shape index (κ3) is 4.29. The number of hydrogen-bond acceptors (Lipinski definition) is 5. The first kappa shape index (κ1) is 18.5. The number of fused-ring (bicyclic) bond motifs is 1. The Morgan fingerprint density at radius 3 is 2.67 bits per heavy atom. The van der Waals surface area contributed by atoms with Crippen molar-refractivity contribution < 1.29 is 14.8 Å². The van der Waals surface area contributed by atoms with Crippen molar-refractivity contribution in [2.75, 3.05) is 0 Å². The fourth-order valence-electron chi connectivity index (χ4n) is 2.62. The van der Waals surface area contributed by atoms with Gasteiger partial charge in [-0.3, -0.25) is 14.9 Å². The van der Waals surface area contributed by atoms with E-state index in [0.29, 0.717) is 0 Å². The molecule has 0 spiro atoms. The summed E-state index contributed by atoms with van der Waals surface area (Å²) in [6, 6.07) is 15.0. The minimum absolute atomic E-state index is 0.117. The van der Waals surface area contributed by atoms with Crippen LogP contribution in [0.3, 0.4) is 0 Å².